The van der Waals surface area contributed by atoms with Crippen molar-refractivity contribution in [3.05, 3.63) is 29.8 Å². The molecule has 4 heteroatoms. The van der Waals surface area contributed by atoms with E-state index in [4.69, 9.17) is 9.47 Å². The van der Waals surface area contributed by atoms with E-state index in [1.165, 1.54) is 5.56 Å². The van der Waals surface area contributed by atoms with Gasteiger partial charge >= 0.3 is 0 Å². The summed E-state index contributed by atoms with van der Waals surface area (Å²) < 4.78 is 10.9. The van der Waals surface area contributed by atoms with Gasteiger partial charge in [-0.1, -0.05) is 25.5 Å². The summed E-state index contributed by atoms with van der Waals surface area (Å²) in [5.41, 5.74) is 1.29. The zero-order chi connectivity index (χ0) is 14.2. The zero-order valence-electron chi connectivity index (χ0n) is 12.3. The summed E-state index contributed by atoms with van der Waals surface area (Å²) in [5.74, 6) is 0.825. The van der Waals surface area contributed by atoms with E-state index in [2.05, 4.69) is 24.0 Å². The Hall–Kier alpha value is -1.10. The highest BCUT2D eigenvalue weighted by Crippen LogP contribution is 2.15. The molecule has 1 atom stereocenters. The molecule has 0 radical (unpaired) electrons. The Kier molecular flexibility index (Phi) is 6.30. The van der Waals surface area contributed by atoms with Crippen molar-refractivity contribution in [2.24, 2.45) is 0 Å². The molecule has 0 spiro atoms. The van der Waals surface area contributed by atoms with Crippen LogP contribution in [0.3, 0.4) is 0 Å². The van der Waals surface area contributed by atoms with Crippen molar-refractivity contribution in [2.45, 2.75) is 32.4 Å². The van der Waals surface area contributed by atoms with Crippen LogP contribution in [0.5, 0.6) is 5.75 Å². The predicted molar refractivity (Wildman–Crippen MR) is 78.9 cm³/mol. The van der Waals surface area contributed by atoms with Gasteiger partial charge in [0.25, 0.3) is 0 Å². The van der Waals surface area contributed by atoms with Crippen LogP contribution >= 0.6 is 0 Å². The number of benzene rings is 1. The number of ether oxygens (including phenoxy) is 2. The van der Waals surface area contributed by atoms with Gasteiger partial charge in [0, 0.05) is 19.6 Å². The fourth-order valence-corrected chi connectivity index (χ4v) is 2.32. The third-order valence-corrected chi connectivity index (χ3v) is 3.50. The van der Waals surface area contributed by atoms with Crippen molar-refractivity contribution in [3.63, 3.8) is 0 Å². The van der Waals surface area contributed by atoms with Crippen LogP contribution < -0.4 is 4.74 Å². The highest BCUT2D eigenvalue weighted by atomic mass is 16.5. The van der Waals surface area contributed by atoms with Crippen LogP contribution in [0, 0.1) is 0 Å². The molecule has 4 nitrogen and oxygen atoms in total. The molecule has 1 aromatic rings. The number of morpholine rings is 1. The maximum absolute atomic E-state index is 9.64. The Morgan fingerprint density at radius 1 is 1.25 bits per heavy atom. The van der Waals surface area contributed by atoms with Crippen molar-refractivity contribution < 1.29 is 14.6 Å². The molecule has 2 rings (SSSR count). The smallest absolute Gasteiger partial charge is 0.119 e. The van der Waals surface area contributed by atoms with Crippen LogP contribution in [0.15, 0.2) is 24.3 Å². The SMILES string of the molecule is CCCC(O)COc1ccc(CN2CCOCC2)cc1. The number of aliphatic hydroxyl groups is 1. The highest BCUT2D eigenvalue weighted by molar-refractivity contribution is 5.27. The first-order valence-corrected chi connectivity index (χ1v) is 7.48. The second kappa shape index (κ2) is 8.25. The number of hydrogen-bond acceptors (Lipinski definition) is 4. The quantitative estimate of drug-likeness (QED) is 0.829. The topological polar surface area (TPSA) is 41.9 Å². The van der Waals surface area contributed by atoms with Gasteiger partial charge in [0.2, 0.25) is 0 Å². The number of hydrogen-bond donors (Lipinski definition) is 1. The monoisotopic (exact) mass is 279 g/mol. The Labute approximate surface area is 121 Å². The molecule has 1 heterocycles. The fourth-order valence-electron chi connectivity index (χ4n) is 2.32. The zero-order valence-corrected chi connectivity index (χ0v) is 12.3. The van der Waals surface area contributed by atoms with Gasteiger partial charge in [-0.05, 0) is 24.1 Å². The van der Waals surface area contributed by atoms with Crippen molar-refractivity contribution in [1.82, 2.24) is 4.90 Å². The fraction of sp³-hybridized carbons (Fsp3) is 0.625. The molecule has 0 aromatic heterocycles. The van der Waals surface area contributed by atoms with E-state index in [-0.39, 0.29) is 6.10 Å². The lowest BCUT2D eigenvalue weighted by Crippen LogP contribution is -2.35. The molecule has 1 aromatic carbocycles. The van der Waals surface area contributed by atoms with Crippen LogP contribution in [-0.4, -0.2) is 49.0 Å². The van der Waals surface area contributed by atoms with E-state index >= 15 is 0 Å². The summed E-state index contributed by atoms with van der Waals surface area (Å²) in [6.07, 6.45) is 1.39. The Morgan fingerprint density at radius 3 is 2.60 bits per heavy atom. The average Bonchev–Trinajstić information content (AvgIpc) is 2.48. The Balaban J connectivity index is 1.77. The summed E-state index contributed by atoms with van der Waals surface area (Å²) in [7, 11) is 0. The predicted octanol–water partition coefficient (Wildman–Crippen LogP) is 2.06. The average molecular weight is 279 g/mol. The molecule has 0 amide bonds. The third kappa shape index (κ3) is 5.12. The number of aliphatic hydroxyl groups excluding tert-OH is 1. The van der Waals surface area contributed by atoms with Crippen LogP contribution in [0.25, 0.3) is 0 Å². The van der Waals surface area contributed by atoms with Gasteiger partial charge < -0.3 is 14.6 Å². The lowest BCUT2D eigenvalue weighted by molar-refractivity contribution is 0.0342. The van der Waals surface area contributed by atoms with Crippen molar-refractivity contribution >= 4 is 0 Å². The molecule has 1 aliphatic heterocycles. The standard InChI is InChI=1S/C16H25NO3/c1-2-3-15(18)13-20-16-6-4-14(5-7-16)12-17-8-10-19-11-9-17/h4-7,15,18H,2-3,8-13H2,1H3. The van der Waals surface area contributed by atoms with E-state index in [1.54, 1.807) is 0 Å². The second-order valence-corrected chi connectivity index (χ2v) is 5.29. The molecule has 1 saturated heterocycles. The molecule has 0 saturated carbocycles. The molecule has 0 bridgehead atoms. The minimum Gasteiger partial charge on any atom is -0.491 e. The molecule has 1 aliphatic rings. The normalized spacial score (nSPS) is 17.9. The van der Waals surface area contributed by atoms with Gasteiger partial charge in [-0.25, -0.2) is 0 Å². The summed E-state index contributed by atoms with van der Waals surface area (Å²) in [5, 5.41) is 9.64. The Morgan fingerprint density at radius 2 is 1.95 bits per heavy atom. The van der Waals surface area contributed by atoms with Gasteiger partial charge in [0.15, 0.2) is 0 Å². The second-order valence-electron chi connectivity index (χ2n) is 5.29. The van der Waals surface area contributed by atoms with Gasteiger partial charge in [-0.3, -0.25) is 4.90 Å². The van der Waals surface area contributed by atoms with Crippen LogP contribution in [0.4, 0.5) is 0 Å². The van der Waals surface area contributed by atoms with Gasteiger partial charge in [-0.2, -0.15) is 0 Å². The van der Waals surface area contributed by atoms with Crippen molar-refractivity contribution in [2.75, 3.05) is 32.9 Å². The number of rotatable bonds is 7. The van der Waals surface area contributed by atoms with Crippen molar-refractivity contribution in [1.29, 1.82) is 0 Å². The maximum atomic E-state index is 9.64. The molecule has 1 N–H and O–H groups in total. The summed E-state index contributed by atoms with van der Waals surface area (Å²) in [4.78, 5) is 2.39. The van der Waals surface area contributed by atoms with Gasteiger partial charge in [0.05, 0.1) is 19.3 Å². The van der Waals surface area contributed by atoms with E-state index < -0.39 is 0 Å². The van der Waals surface area contributed by atoms with E-state index in [0.717, 1.165) is 51.4 Å². The van der Waals surface area contributed by atoms with E-state index in [1.807, 2.05) is 12.1 Å². The van der Waals surface area contributed by atoms with E-state index in [9.17, 15) is 5.11 Å². The first kappa shape index (κ1) is 15.3. The summed E-state index contributed by atoms with van der Waals surface area (Å²) in [6, 6.07) is 8.15. The lowest BCUT2D eigenvalue weighted by atomic mass is 10.2. The molecule has 1 fully saturated rings. The van der Waals surface area contributed by atoms with Crippen LogP contribution in [-0.2, 0) is 11.3 Å². The maximum Gasteiger partial charge on any atom is 0.119 e. The van der Waals surface area contributed by atoms with Crippen molar-refractivity contribution in [3.8, 4) is 5.75 Å². The van der Waals surface area contributed by atoms with E-state index in [0.29, 0.717) is 6.61 Å². The van der Waals surface area contributed by atoms with Gasteiger partial charge in [0.1, 0.15) is 12.4 Å². The van der Waals surface area contributed by atoms with Crippen LogP contribution in [0.2, 0.25) is 0 Å². The minimum absolute atomic E-state index is 0.368. The summed E-state index contributed by atoms with van der Waals surface area (Å²) >= 11 is 0. The molecule has 112 valence electrons. The Bertz CT molecular complexity index is 374. The van der Waals surface area contributed by atoms with Gasteiger partial charge in [-0.15, -0.1) is 0 Å². The first-order chi connectivity index (χ1) is 9.78. The minimum atomic E-state index is -0.368. The molecular weight excluding hydrogens is 254 g/mol. The van der Waals surface area contributed by atoms with Crippen LogP contribution in [0.1, 0.15) is 25.3 Å². The first-order valence-electron chi connectivity index (χ1n) is 7.48. The largest absolute Gasteiger partial charge is 0.491 e. The lowest BCUT2D eigenvalue weighted by Gasteiger charge is -2.26. The summed E-state index contributed by atoms with van der Waals surface area (Å²) in [6.45, 7) is 7.05. The number of nitrogens with zero attached hydrogens (tertiary/aromatic N) is 1. The highest BCUT2D eigenvalue weighted by Gasteiger charge is 2.10. The molecule has 20 heavy (non-hydrogen) atoms. The molecule has 0 aliphatic carbocycles. The third-order valence-electron chi connectivity index (χ3n) is 3.50. The molecule has 1 unspecified atom stereocenters. The molecular formula is C16H25NO3.